The molecule has 88 valence electrons. The van der Waals surface area contributed by atoms with E-state index in [9.17, 15) is 4.79 Å². The molecule has 0 aromatic heterocycles. The van der Waals surface area contributed by atoms with Crippen LogP contribution in [0.15, 0.2) is 24.3 Å². The number of carbonyl (C=O) groups excluding carboxylic acids is 1. The van der Waals surface area contributed by atoms with E-state index >= 15 is 0 Å². The fourth-order valence-corrected chi connectivity index (χ4v) is 1.86. The second-order valence-corrected chi connectivity index (χ2v) is 4.61. The molecular formula is C14H20O2. The summed E-state index contributed by atoms with van der Waals surface area (Å²) >= 11 is 0. The van der Waals surface area contributed by atoms with Gasteiger partial charge in [0.1, 0.15) is 6.29 Å². The lowest BCUT2D eigenvalue weighted by molar-refractivity contribution is -0.108. The molecule has 0 fully saturated rings. The summed E-state index contributed by atoms with van der Waals surface area (Å²) in [6.45, 7) is 6.15. The van der Waals surface area contributed by atoms with Gasteiger partial charge in [-0.15, -0.1) is 0 Å². The fourth-order valence-electron chi connectivity index (χ4n) is 1.86. The normalized spacial score (nSPS) is 13.5. The maximum Gasteiger partial charge on any atom is 0.120 e. The summed E-state index contributed by atoms with van der Waals surface area (Å²) < 4.78 is 5.50. The molecule has 0 radical (unpaired) electrons. The lowest BCUT2D eigenvalue weighted by Gasteiger charge is -2.28. The van der Waals surface area contributed by atoms with Crippen LogP contribution in [0.5, 0.6) is 0 Å². The highest BCUT2D eigenvalue weighted by Crippen LogP contribution is 2.32. The standard InChI is InChI=1S/C14H20O2/c1-11(9-10-15)12-7-5-6-8-13(12)14(2,3)16-4/h5-8,10-11H,9H2,1-4H3. The monoisotopic (exact) mass is 220 g/mol. The van der Waals surface area contributed by atoms with E-state index < -0.39 is 0 Å². The molecule has 0 aliphatic carbocycles. The highest BCUT2D eigenvalue weighted by atomic mass is 16.5. The van der Waals surface area contributed by atoms with Crippen molar-refractivity contribution in [3.8, 4) is 0 Å². The highest BCUT2D eigenvalue weighted by molar-refractivity contribution is 5.52. The first-order valence-electron chi connectivity index (χ1n) is 5.61. The van der Waals surface area contributed by atoms with Crippen molar-refractivity contribution in [2.24, 2.45) is 0 Å². The number of rotatable bonds is 5. The van der Waals surface area contributed by atoms with Gasteiger partial charge in [0.15, 0.2) is 0 Å². The Balaban J connectivity index is 3.14. The predicted molar refractivity (Wildman–Crippen MR) is 65.6 cm³/mol. The Morgan fingerprint density at radius 3 is 2.56 bits per heavy atom. The Morgan fingerprint density at radius 1 is 1.38 bits per heavy atom. The zero-order chi connectivity index (χ0) is 12.2. The summed E-state index contributed by atoms with van der Waals surface area (Å²) in [5.74, 6) is 0.239. The Labute approximate surface area is 97.6 Å². The van der Waals surface area contributed by atoms with E-state index in [0.717, 1.165) is 11.8 Å². The molecule has 0 saturated carbocycles. The molecule has 0 aliphatic heterocycles. The first-order chi connectivity index (χ1) is 7.53. The second-order valence-electron chi connectivity index (χ2n) is 4.61. The Hall–Kier alpha value is -1.15. The second kappa shape index (κ2) is 5.26. The van der Waals surface area contributed by atoms with E-state index in [0.29, 0.717) is 6.42 Å². The minimum Gasteiger partial charge on any atom is -0.374 e. The van der Waals surface area contributed by atoms with Crippen LogP contribution >= 0.6 is 0 Å². The van der Waals surface area contributed by atoms with Crippen LogP contribution in [0.3, 0.4) is 0 Å². The van der Waals surface area contributed by atoms with Gasteiger partial charge in [-0.25, -0.2) is 0 Å². The van der Waals surface area contributed by atoms with Crippen LogP contribution in [0, 0.1) is 0 Å². The molecule has 1 aromatic carbocycles. The average Bonchev–Trinajstić information content (AvgIpc) is 2.29. The molecule has 2 nitrogen and oxygen atoms in total. The van der Waals surface area contributed by atoms with E-state index in [1.807, 2.05) is 26.0 Å². The van der Waals surface area contributed by atoms with Gasteiger partial charge in [0.2, 0.25) is 0 Å². The van der Waals surface area contributed by atoms with Gasteiger partial charge in [-0.1, -0.05) is 31.2 Å². The predicted octanol–water partition coefficient (Wildman–Crippen LogP) is 3.26. The SMILES string of the molecule is COC(C)(C)c1ccccc1C(C)CC=O. The quantitative estimate of drug-likeness (QED) is 0.712. The van der Waals surface area contributed by atoms with Crippen LogP contribution < -0.4 is 0 Å². The molecule has 1 unspecified atom stereocenters. The first-order valence-corrected chi connectivity index (χ1v) is 5.61. The first kappa shape index (κ1) is 12.9. The zero-order valence-electron chi connectivity index (χ0n) is 10.5. The molecule has 0 heterocycles. The lowest BCUT2D eigenvalue weighted by Crippen LogP contribution is -2.22. The summed E-state index contributed by atoms with van der Waals surface area (Å²) in [5.41, 5.74) is 2.04. The van der Waals surface area contributed by atoms with Crippen molar-refractivity contribution in [1.82, 2.24) is 0 Å². The average molecular weight is 220 g/mol. The number of hydrogen-bond acceptors (Lipinski definition) is 2. The van der Waals surface area contributed by atoms with E-state index in [1.54, 1.807) is 7.11 Å². The minimum absolute atomic E-state index is 0.239. The van der Waals surface area contributed by atoms with Gasteiger partial charge < -0.3 is 9.53 Å². The van der Waals surface area contributed by atoms with Gasteiger partial charge in [-0.05, 0) is 30.9 Å². The molecule has 0 spiro atoms. The molecule has 0 N–H and O–H groups in total. The van der Waals surface area contributed by atoms with E-state index in [4.69, 9.17) is 4.74 Å². The summed E-state index contributed by atoms with van der Waals surface area (Å²) in [4.78, 5) is 10.6. The van der Waals surface area contributed by atoms with Crippen molar-refractivity contribution < 1.29 is 9.53 Å². The third kappa shape index (κ3) is 2.70. The molecular weight excluding hydrogens is 200 g/mol. The van der Waals surface area contributed by atoms with E-state index in [2.05, 4.69) is 19.1 Å². The summed E-state index contributed by atoms with van der Waals surface area (Å²) in [7, 11) is 1.71. The van der Waals surface area contributed by atoms with Crippen LogP contribution in [0.4, 0.5) is 0 Å². The maximum absolute atomic E-state index is 10.6. The maximum atomic E-state index is 10.6. The molecule has 2 heteroatoms. The van der Waals surface area contributed by atoms with Crippen molar-refractivity contribution in [2.75, 3.05) is 7.11 Å². The molecule has 0 aliphatic rings. The van der Waals surface area contributed by atoms with Crippen LogP contribution in [0.1, 0.15) is 44.2 Å². The number of carbonyl (C=O) groups is 1. The minimum atomic E-state index is -0.312. The highest BCUT2D eigenvalue weighted by Gasteiger charge is 2.24. The largest absolute Gasteiger partial charge is 0.374 e. The number of aldehydes is 1. The molecule has 0 saturated heterocycles. The van der Waals surface area contributed by atoms with Gasteiger partial charge in [0.25, 0.3) is 0 Å². The number of methoxy groups -OCH3 is 1. The van der Waals surface area contributed by atoms with E-state index in [1.165, 1.54) is 5.56 Å². The van der Waals surface area contributed by atoms with Crippen LogP contribution in [0.25, 0.3) is 0 Å². The third-order valence-corrected chi connectivity index (χ3v) is 3.10. The zero-order valence-corrected chi connectivity index (χ0v) is 10.5. The Bertz CT molecular complexity index is 356. The van der Waals surface area contributed by atoms with Crippen LogP contribution in [-0.2, 0) is 15.1 Å². The Kier molecular flexibility index (Phi) is 4.25. The molecule has 16 heavy (non-hydrogen) atoms. The molecule has 1 rings (SSSR count). The van der Waals surface area contributed by atoms with Crippen molar-refractivity contribution in [3.63, 3.8) is 0 Å². The van der Waals surface area contributed by atoms with Crippen molar-refractivity contribution in [3.05, 3.63) is 35.4 Å². The topological polar surface area (TPSA) is 26.3 Å². The van der Waals surface area contributed by atoms with Gasteiger partial charge in [-0.3, -0.25) is 0 Å². The Morgan fingerprint density at radius 2 is 2.00 bits per heavy atom. The number of hydrogen-bond donors (Lipinski definition) is 0. The molecule has 0 bridgehead atoms. The van der Waals surface area contributed by atoms with Crippen molar-refractivity contribution in [1.29, 1.82) is 0 Å². The van der Waals surface area contributed by atoms with Gasteiger partial charge in [0, 0.05) is 13.5 Å². The number of ether oxygens (including phenoxy) is 1. The number of benzene rings is 1. The third-order valence-electron chi connectivity index (χ3n) is 3.10. The van der Waals surface area contributed by atoms with Gasteiger partial charge in [-0.2, -0.15) is 0 Å². The summed E-state index contributed by atoms with van der Waals surface area (Å²) in [6.07, 6.45) is 1.53. The van der Waals surface area contributed by atoms with Gasteiger partial charge >= 0.3 is 0 Å². The molecule has 1 atom stereocenters. The van der Waals surface area contributed by atoms with E-state index in [-0.39, 0.29) is 11.5 Å². The van der Waals surface area contributed by atoms with Crippen molar-refractivity contribution >= 4 is 6.29 Å². The lowest BCUT2D eigenvalue weighted by atomic mass is 9.86. The van der Waals surface area contributed by atoms with Crippen LogP contribution in [-0.4, -0.2) is 13.4 Å². The smallest absolute Gasteiger partial charge is 0.120 e. The van der Waals surface area contributed by atoms with Gasteiger partial charge in [0.05, 0.1) is 5.60 Å². The summed E-state index contributed by atoms with van der Waals surface area (Å²) in [5, 5.41) is 0. The van der Waals surface area contributed by atoms with Crippen molar-refractivity contribution in [2.45, 2.75) is 38.7 Å². The molecule has 1 aromatic rings. The summed E-state index contributed by atoms with van der Waals surface area (Å²) in [6, 6.07) is 8.16. The van der Waals surface area contributed by atoms with Crippen LogP contribution in [0.2, 0.25) is 0 Å². The fraction of sp³-hybridized carbons (Fsp3) is 0.500. The molecule has 0 amide bonds.